The van der Waals surface area contributed by atoms with Gasteiger partial charge < -0.3 is 19.6 Å². The molecule has 10 rings (SSSR count). The molecule has 303 valence electrons. The topological polar surface area (TPSA) is 73.3 Å². The Labute approximate surface area is 368 Å². The van der Waals surface area contributed by atoms with E-state index in [-0.39, 0.29) is 20.1 Å². The van der Waals surface area contributed by atoms with Gasteiger partial charge in [0.1, 0.15) is 18.2 Å². The molecule has 0 N–H and O–H groups in total. The number of aryl methyl sites for hydroxylation is 1. The fourth-order valence-corrected chi connectivity index (χ4v) is 10.1. The predicted molar refractivity (Wildman–Crippen MR) is 236 cm³/mol. The van der Waals surface area contributed by atoms with Crippen molar-refractivity contribution >= 4 is 50.4 Å². The second-order valence-corrected chi connectivity index (χ2v) is 16.8. The van der Waals surface area contributed by atoms with Gasteiger partial charge in [-0.1, -0.05) is 75.2 Å². The van der Waals surface area contributed by atoms with Gasteiger partial charge in [0.15, 0.2) is 0 Å². The molecule has 0 bridgehead atoms. The molecule has 4 aromatic carbocycles. The fraction of sp³-hybridized carbons (Fsp3) is 0.149. The smallest absolute Gasteiger partial charge is 0.124 e. The van der Waals surface area contributed by atoms with E-state index in [1.165, 1.54) is 11.1 Å². The number of anilines is 6. The maximum absolute atomic E-state index is 4.74. The van der Waals surface area contributed by atoms with E-state index in [1.54, 1.807) is 0 Å². The van der Waals surface area contributed by atoms with Crippen LogP contribution in [0.5, 0.6) is 0 Å². The van der Waals surface area contributed by atoms with Crippen molar-refractivity contribution in [2.75, 3.05) is 32.7 Å². The van der Waals surface area contributed by atoms with Crippen molar-refractivity contribution in [1.29, 1.82) is 0 Å². The van der Waals surface area contributed by atoms with E-state index in [0.717, 1.165) is 92.4 Å². The van der Waals surface area contributed by atoms with Crippen molar-refractivity contribution < 1.29 is 24.8 Å². The van der Waals surface area contributed by atoms with Gasteiger partial charge in [-0.3, -0.25) is 10.3 Å². The third-order valence-corrected chi connectivity index (χ3v) is 13.0. The van der Waals surface area contributed by atoms with E-state index >= 15 is 0 Å². The summed E-state index contributed by atoms with van der Waals surface area (Å²) in [5.74, 6) is 5.47. The first-order chi connectivity index (χ1) is 29.2. The van der Waals surface area contributed by atoms with Gasteiger partial charge in [0.05, 0.1) is 7.05 Å². The van der Waals surface area contributed by atoms with Crippen molar-refractivity contribution in [3.8, 4) is 11.0 Å². The van der Waals surface area contributed by atoms with Gasteiger partial charge in [0.25, 0.3) is 0 Å². The first-order valence-electron chi connectivity index (χ1n) is 19.6. The van der Waals surface area contributed by atoms with Crippen molar-refractivity contribution in [2.45, 2.75) is 25.5 Å². The van der Waals surface area contributed by atoms with Crippen LogP contribution in [0.15, 0.2) is 146 Å². The minimum atomic E-state index is -0.580. The van der Waals surface area contributed by atoms with Gasteiger partial charge in [0.2, 0.25) is 0 Å². The third kappa shape index (κ3) is 9.51. The van der Waals surface area contributed by atoms with E-state index < -0.39 is 7.69 Å². The number of fused-ring (bicyclic) bond motifs is 2. The molecule has 10 nitrogen and oxygen atoms in total. The molecule has 0 saturated heterocycles. The van der Waals surface area contributed by atoms with Crippen molar-refractivity contribution in [3.05, 3.63) is 194 Å². The van der Waals surface area contributed by atoms with Crippen molar-refractivity contribution in [2.24, 2.45) is 7.05 Å². The van der Waals surface area contributed by atoms with E-state index in [1.807, 2.05) is 102 Å². The average molecular weight is 1000 g/mol. The van der Waals surface area contributed by atoms with E-state index in [0.29, 0.717) is 0 Å². The van der Waals surface area contributed by atoms with Crippen LogP contribution in [0.3, 0.4) is 0 Å². The Morgan fingerprint density at radius 2 is 1.22 bits per heavy atom. The molecule has 6 heterocycles. The Bertz CT molecular complexity index is 2480. The molecule has 0 saturated carbocycles. The van der Waals surface area contributed by atoms with E-state index in [4.69, 9.17) is 4.51 Å². The minimum absolute atomic E-state index is 0. The van der Waals surface area contributed by atoms with Gasteiger partial charge in [0, 0.05) is 55.2 Å². The molecule has 0 fully saturated rings. The van der Waals surface area contributed by atoms with Crippen molar-refractivity contribution in [1.82, 2.24) is 24.4 Å². The summed E-state index contributed by atoms with van der Waals surface area (Å²) in [5, 5.41) is 5.62. The van der Waals surface area contributed by atoms with Crippen LogP contribution in [-0.4, -0.2) is 37.5 Å². The number of hydrogen-bond donors (Lipinski definition) is 0. The zero-order chi connectivity index (χ0) is 39.8. The second kappa shape index (κ2) is 19.6. The molecule has 4 aromatic heterocycles. The number of aromatic nitrogens is 6. The van der Waals surface area contributed by atoms with Crippen molar-refractivity contribution in [3.63, 3.8) is 0 Å². The summed E-state index contributed by atoms with van der Waals surface area (Å²) in [5.41, 5.74) is 7.76. The number of benzene rings is 4. The zero-order valence-electron chi connectivity index (χ0n) is 33.0. The molecule has 8 aromatic rings. The number of pyridine rings is 2. The molecule has 0 amide bonds. The van der Waals surface area contributed by atoms with Crippen LogP contribution in [0.1, 0.15) is 24.0 Å². The van der Waals surface area contributed by atoms with Crippen LogP contribution in [0.25, 0.3) is 11.0 Å². The standard InChI is InChI=1S/C28H24N6.C19H17N4P2.Ir/c1-3-11-23(12-4-1)33-21-31(25-15-9-17-29-27(25)33)19-7-8-20-32-22-34(24-13-5-2-6-14-24)28-26(32)16-10-18-30-28;1-22-18(13-23(20-22)12-16-8-4-2-5-9-16)19-15-25(21-24-19)14-17-10-6-3-7-11-17;/h1-6,9-11,13,15-18,21-22H,7-8,19-20H2;2-11H,12,14H2,1H3;/q-4;-1;. The number of hydrogen-bond acceptors (Lipinski definition) is 8. The molecule has 1 atom stereocenters. The first-order valence-corrected chi connectivity index (χ1v) is 21.9. The first kappa shape index (κ1) is 41.1. The van der Waals surface area contributed by atoms with Crippen LogP contribution < -0.4 is 24.3 Å². The monoisotopic (exact) mass is 1000 g/mol. The van der Waals surface area contributed by atoms with Gasteiger partial charge in [-0.25, -0.2) is 24.6 Å². The summed E-state index contributed by atoms with van der Waals surface area (Å²) in [7, 11) is 2.35. The molecule has 1 radical (unpaired) electrons. The van der Waals surface area contributed by atoms with E-state index in [9.17, 15) is 0 Å². The minimum Gasteiger partial charge on any atom is -0.500 e. The van der Waals surface area contributed by atoms with Crippen LogP contribution >= 0.6 is 16.0 Å². The fourth-order valence-electron chi connectivity index (χ4n) is 7.10. The molecule has 2 aliphatic heterocycles. The molecular formula is C47H41IrN10P2-5. The normalized spacial score (nSPS) is 13.2. The number of nitrogens with zero attached hydrogens (tertiary/aromatic N) is 10. The maximum Gasteiger partial charge on any atom is 0.124 e. The molecule has 2 aliphatic rings. The average Bonchev–Trinajstić information content (AvgIpc) is 4.09. The maximum atomic E-state index is 4.74. The Balaban J connectivity index is 0.000000171. The van der Waals surface area contributed by atoms with Gasteiger partial charge in [-0.05, 0) is 61.3 Å². The third-order valence-electron chi connectivity index (χ3n) is 9.93. The van der Waals surface area contributed by atoms with Gasteiger partial charge >= 0.3 is 0 Å². The van der Waals surface area contributed by atoms with Crippen LogP contribution in [0.2, 0.25) is 0 Å². The Morgan fingerprint density at radius 3 is 1.77 bits per heavy atom. The largest absolute Gasteiger partial charge is 0.500 e. The second-order valence-electron chi connectivity index (χ2n) is 14.1. The Hall–Kier alpha value is -5.69. The molecule has 0 aliphatic carbocycles. The molecule has 1 unspecified atom stereocenters. The molecule has 0 spiro atoms. The summed E-state index contributed by atoms with van der Waals surface area (Å²) >= 11 is 0. The van der Waals surface area contributed by atoms with Crippen LogP contribution in [-0.2, 0) is 39.9 Å². The summed E-state index contributed by atoms with van der Waals surface area (Å²) in [6.07, 6.45) is 10.1. The molecular weight excluding hydrogens is 959 g/mol. The predicted octanol–water partition coefficient (Wildman–Crippen LogP) is 9.74. The van der Waals surface area contributed by atoms with Crippen LogP contribution in [0.4, 0.5) is 34.4 Å². The number of rotatable bonds is 12. The van der Waals surface area contributed by atoms with Gasteiger partial charge in [-0.2, -0.15) is 74.0 Å². The summed E-state index contributed by atoms with van der Waals surface area (Å²) < 4.78 is 8.47. The summed E-state index contributed by atoms with van der Waals surface area (Å²) in [4.78, 5) is 18.1. The molecule has 60 heavy (non-hydrogen) atoms. The van der Waals surface area contributed by atoms with E-state index in [2.05, 4.69) is 133 Å². The SMILES string of the molecule is Cn1n[n+](Cc2ccccc2)[c-]c1-c1[c-]p(Cc2ccccc2)np1.[Ir].[c-]1ccccc1N1[CH-]N(CCCCN2[CH-]N(c3[c-]cccc3)c3ncccc32)c2cccnc21. The summed E-state index contributed by atoms with van der Waals surface area (Å²) in [6.45, 7) is 6.84. The van der Waals surface area contributed by atoms with Gasteiger partial charge in [-0.15, -0.1) is 24.8 Å². The Kier molecular flexibility index (Phi) is 13.4. The number of unbranched alkanes of at least 4 members (excludes halogenated alkanes) is 1. The quantitative estimate of drug-likeness (QED) is 0.0682. The zero-order valence-corrected chi connectivity index (χ0v) is 37.1. The number of para-hydroxylation sites is 2. The summed E-state index contributed by atoms with van der Waals surface area (Å²) in [6, 6.07) is 51.7. The van der Waals surface area contributed by atoms with Crippen LogP contribution in [0, 0.1) is 37.5 Å². The Morgan fingerprint density at radius 1 is 0.667 bits per heavy atom. The molecule has 13 heteroatoms.